The Balaban J connectivity index is 1.28. The van der Waals surface area contributed by atoms with Crippen molar-refractivity contribution in [2.45, 2.75) is 32.1 Å². The molecule has 0 bridgehead atoms. The topological polar surface area (TPSA) is 49.4 Å². The zero-order valence-electron chi connectivity index (χ0n) is 17.9. The first-order valence-corrected chi connectivity index (χ1v) is 11.3. The first-order valence-electron chi connectivity index (χ1n) is 11.3. The van der Waals surface area contributed by atoms with Crippen molar-refractivity contribution in [1.29, 1.82) is 0 Å². The van der Waals surface area contributed by atoms with Crippen LogP contribution in [0.3, 0.4) is 0 Å². The average Bonchev–Trinajstić information content (AvgIpc) is 2.82. The molecule has 0 unspecified atom stereocenters. The molecule has 0 aliphatic carbocycles. The summed E-state index contributed by atoms with van der Waals surface area (Å²) < 4.78 is 0. The molecule has 31 heavy (non-hydrogen) atoms. The molecule has 3 aromatic carbocycles. The van der Waals surface area contributed by atoms with Crippen LogP contribution < -0.4 is 5.32 Å². The number of benzene rings is 3. The van der Waals surface area contributed by atoms with Crippen molar-refractivity contribution in [2.24, 2.45) is 5.92 Å². The number of hydrogen-bond donors (Lipinski definition) is 1. The van der Waals surface area contributed by atoms with E-state index in [1.165, 1.54) is 5.56 Å². The highest BCUT2D eigenvalue weighted by Crippen LogP contribution is 2.22. The number of rotatable bonds is 7. The minimum Gasteiger partial charge on any atom is -0.356 e. The summed E-state index contributed by atoms with van der Waals surface area (Å²) in [6.45, 7) is 1.93. The number of nitrogens with zero attached hydrogens (tertiary/aromatic N) is 1. The van der Waals surface area contributed by atoms with E-state index in [0.717, 1.165) is 48.6 Å². The first-order chi connectivity index (χ1) is 15.2. The Bertz CT molecular complexity index is 1030. The number of piperidine rings is 1. The molecule has 2 amide bonds. The highest BCUT2D eigenvalue weighted by molar-refractivity contribution is 5.90. The van der Waals surface area contributed by atoms with E-state index in [-0.39, 0.29) is 17.7 Å². The van der Waals surface area contributed by atoms with Gasteiger partial charge >= 0.3 is 0 Å². The Morgan fingerprint density at radius 3 is 2.58 bits per heavy atom. The fraction of sp³-hybridized carbons (Fsp3) is 0.333. The quantitative estimate of drug-likeness (QED) is 0.584. The van der Waals surface area contributed by atoms with E-state index in [0.29, 0.717) is 19.5 Å². The largest absolute Gasteiger partial charge is 0.356 e. The molecular weight excluding hydrogens is 384 g/mol. The fourth-order valence-electron chi connectivity index (χ4n) is 4.43. The van der Waals surface area contributed by atoms with E-state index in [9.17, 15) is 9.59 Å². The first kappa shape index (κ1) is 21.1. The van der Waals surface area contributed by atoms with Crippen molar-refractivity contribution < 1.29 is 9.59 Å². The Kier molecular flexibility index (Phi) is 6.98. The standard InChI is InChI=1S/C27H30N2O2/c30-26(19-23-14-6-13-22-12-4-5-16-25(22)23)29-18-8-15-24(20-29)27(31)28-17-7-11-21-9-2-1-3-10-21/h1-6,9-10,12-14,16,24H,7-8,11,15,17-20H2,(H,28,31)/t24-/m1/s1. The van der Waals surface area contributed by atoms with Crippen LogP contribution in [0.15, 0.2) is 72.8 Å². The molecular formula is C27H30N2O2. The molecule has 0 spiro atoms. The molecule has 1 aliphatic rings. The Hall–Kier alpha value is -3.14. The van der Waals surface area contributed by atoms with Crippen molar-refractivity contribution in [3.8, 4) is 0 Å². The van der Waals surface area contributed by atoms with Gasteiger partial charge in [-0.1, -0.05) is 72.8 Å². The predicted octanol–water partition coefficient (Wildman–Crippen LogP) is 4.37. The summed E-state index contributed by atoms with van der Waals surface area (Å²) in [4.78, 5) is 27.5. The van der Waals surface area contributed by atoms with E-state index in [1.807, 2.05) is 47.4 Å². The van der Waals surface area contributed by atoms with Gasteiger partial charge in [0.15, 0.2) is 0 Å². The van der Waals surface area contributed by atoms with Crippen molar-refractivity contribution in [2.75, 3.05) is 19.6 Å². The smallest absolute Gasteiger partial charge is 0.227 e. The lowest BCUT2D eigenvalue weighted by molar-refractivity contribution is -0.135. The molecule has 1 saturated heterocycles. The zero-order chi connectivity index (χ0) is 21.5. The summed E-state index contributed by atoms with van der Waals surface area (Å²) in [6.07, 6.45) is 3.99. The highest BCUT2D eigenvalue weighted by Gasteiger charge is 2.28. The molecule has 4 nitrogen and oxygen atoms in total. The van der Waals surface area contributed by atoms with Crippen molar-refractivity contribution in [1.82, 2.24) is 10.2 Å². The summed E-state index contributed by atoms with van der Waals surface area (Å²) >= 11 is 0. The maximum absolute atomic E-state index is 13.0. The summed E-state index contributed by atoms with van der Waals surface area (Å²) in [5, 5.41) is 5.36. The average molecular weight is 415 g/mol. The number of carbonyl (C=O) groups is 2. The number of aryl methyl sites for hydroxylation is 1. The molecule has 1 atom stereocenters. The molecule has 4 heteroatoms. The number of likely N-dealkylation sites (tertiary alicyclic amines) is 1. The predicted molar refractivity (Wildman–Crippen MR) is 125 cm³/mol. The van der Waals surface area contributed by atoms with Crippen molar-refractivity contribution in [3.05, 3.63) is 83.9 Å². The number of hydrogen-bond acceptors (Lipinski definition) is 2. The third kappa shape index (κ3) is 5.52. The van der Waals surface area contributed by atoms with Crippen LogP contribution in [0.2, 0.25) is 0 Å². The SMILES string of the molecule is O=C(NCCCc1ccccc1)[C@@H]1CCCN(C(=O)Cc2cccc3ccccc23)C1. The van der Waals surface area contributed by atoms with Gasteiger partial charge in [-0.2, -0.15) is 0 Å². The molecule has 1 fully saturated rings. The van der Waals surface area contributed by atoms with Gasteiger partial charge in [0.05, 0.1) is 12.3 Å². The van der Waals surface area contributed by atoms with Crippen molar-refractivity contribution in [3.63, 3.8) is 0 Å². The maximum Gasteiger partial charge on any atom is 0.227 e. The van der Waals surface area contributed by atoms with Crippen LogP contribution in [0, 0.1) is 5.92 Å². The minimum atomic E-state index is -0.109. The molecule has 160 valence electrons. The summed E-state index contributed by atoms with van der Waals surface area (Å²) in [7, 11) is 0. The van der Waals surface area contributed by atoms with Gasteiger partial charge in [-0.25, -0.2) is 0 Å². The maximum atomic E-state index is 13.0. The second kappa shape index (κ2) is 10.3. The van der Waals surface area contributed by atoms with Gasteiger partial charge in [0.2, 0.25) is 11.8 Å². The van der Waals surface area contributed by atoms with Gasteiger partial charge < -0.3 is 10.2 Å². The molecule has 3 aromatic rings. The number of fused-ring (bicyclic) bond motifs is 1. The van der Waals surface area contributed by atoms with Gasteiger partial charge in [-0.3, -0.25) is 9.59 Å². The second-order valence-corrected chi connectivity index (χ2v) is 8.37. The lowest BCUT2D eigenvalue weighted by atomic mass is 9.95. The molecule has 4 rings (SSSR count). The monoisotopic (exact) mass is 414 g/mol. The van der Waals surface area contributed by atoms with E-state index in [1.54, 1.807) is 0 Å². The molecule has 1 N–H and O–H groups in total. The molecule has 0 aromatic heterocycles. The van der Waals surface area contributed by atoms with Crippen LogP contribution in [0.25, 0.3) is 10.8 Å². The van der Waals surface area contributed by atoms with E-state index >= 15 is 0 Å². The molecule has 1 heterocycles. The van der Waals surface area contributed by atoms with Gasteiger partial charge in [0, 0.05) is 19.6 Å². The van der Waals surface area contributed by atoms with Gasteiger partial charge in [0.1, 0.15) is 0 Å². The van der Waals surface area contributed by atoms with Crippen LogP contribution in [0.1, 0.15) is 30.4 Å². The van der Waals surface area contributed by atoms with Gasteiger partial charge in [-0.15, -0.1) is 0 Å². The number of carbonyl (C=O) groups excluding carboxylic acids is 2. The minimum absolute atomic E-state index is 0.0794. The summed E-state index contributed by atoms with van der Waals surface area (Å²) in [5.41, 5.74) is 2.34. The van der Waals surface area contributed by atoms with Gasteiger partial charge in [-0.05, 0) is 47.6 Å². The Labute approximate surface area is 184 Å². The van der Waals surface area contributed by atoms with E-state index in [4.69, 9.17) is 0 Å². The van der Waals surface area contributed by atoms with Crippen LogP contribution in [0.5, 0.6) is 0 Å². The van der Waals surface area contributed by atoms with Crippen LogP contribution >= 0.6 is 0 Å². The lowest BCUT2D eigenvalue weighted by Gasteiger charge is -2.32. The number of nitrogens with one attached hydrogen (secondary N) is 1. The third-order valence-electron chi connectivity index (χ3n) is 6.15. The molecule has 1 aliphatic heterocycles. The zero-order valence-corrected chi connectivity index (χ0v) is 17.9. The second-order valence-electron chi connectivity index (χ2n) is 8.37. The normalized spacial score (nSPS) is 16.3. The van der Waals surface area contributed by atoms with Crippen LogP contribution in [-0.4, -0.2) is 36.3 Å². The molecule has 0 radical (unpaired) electrons. The third-order valence-corrected chi connectivity index (χ3v) is 6.15. The lowest BCUT2D eigenvalue weighted by Crippen LogP contribution is -2.46. The van der Waals surface area contributed by atoms with E-state index in [2.05, 4.69) is 35.6 Å². The Morgan fingerprint density at radius 2 is 1.71 bits per heavy atom. The highest BCUT2D eigenvalue weighted by atomic mass is 16.2. The summed E-state index contributed by atoms with van der Waals surface area (Å²) in [5.74, 6) is 0.0793. The fourth-order valence-corrected chi connectivity index (χ4v) is 4.43. The van der Waals surface area contributed by atoms with E-state index < -0.39 is 0 Å². The molecule has 0 saturated carbocycles. The number of amides is 2. The van der Waals surface area contributed by atoms with Gasteiger partial charge in [0.25, 0.3) is 0 Å². The van der Waals surface area contributed by atoms with Crippen molar-refractivity contribution >= 4 is 22.6 Å². The van der Waals surface area contributed by atoms with Crippen LogP contribution in [0.4, 0.5) is 0 Å². The Morgan fingerprint density at radius 1 is 0.935 bits per heavy atom. The van der Waals surface area contributed by atoms with Crippen LogP contribution in [-0.2, 0) is 22.4 Å². The summed E-state index contributed by atoms with van der Waals surface area (Å²) in [6, 6.07) is 24.6.